The molecule has 7 heteroatoms. The van der Waals surface area contributed by atoms with Crippen molar-refractivity contribution in [2.75, 3.05) is 46.7 Å². The molecular formula is C21H27N3O4. The van der Waals surface area contributed by atoms with Crippen molar-refractivity contribution in [3.05, 3.63) is 53.6 Å². The van der Waals surface area contributed by atoms with Gasteiger partial charge >= 0.3 is 0 Å². The van der Waals surface area contributed by atoms with Gasteiger partial charge in [0.15, 0.2) is 0 Å². The van der Waals surface area contributed by atoms with Crippen LogP contribution in [0.5, 0.6) is 11.5 Å². The predicted octanol–water partition coefficient (Wildman–Crippen LogP) is 2.64. The maximum absolute atomic E-state index is 12.6. The Bertz CT molecular complexity index is 821. The number of hydrogen-bond donors (Lipinski definition) is 2. The van der Waals surface area contributed by atoms with Crippen LogP contribution in [-0.4, -0.2) is 58.1 Å². The van der Waals surface area contributed by atoms with E-state index in [1.807, 2.05) is 14.1 Å². The summed E-state index contributed by atoms with van der Waals surface area (Å²) in [4.78, 5) is 27.0. The molecule has 0 heterocycles. The van der Waals surface area contributed by atoms with Crippen molar-refractivity contribution in [1.29, 1.82) is 0 Å². The highest BCUT2D eigenvalue weighted by atomic mass is 16.5. The van der Waals surface area contributed by atoms with Crippen molar-refractivity contribution in [3.63, 3.8) is 0 Å². The second-order valence-corrected chi connectivity index (χ2v) is 6.51. The van der Waals surface area contributed by atoms with Crippen molar-refractivity contribution in [2.24, 2.45) is 0 Å². The summed E-state index contributed by atoms with van der Waals surface area (Å²) < 4.78 is 10.5. The predicted molar refractivity (Wildman–Crippen MR) is 109 cm³/mol. The number of nitrogens with zero attached hydrogens (tertiary/aromatic N) is 1. The van der Waals surface area contributed by atoms with Gasteiger partial charge in [-0.15, -0.1) is 0 Å². The molecule has 0 saturated heterocycles. The van der Waals surface area contributed by atoms with E-state index in [-0.39, 0.29) is 11.8 Å². The maximum Gasteiger partial charge on any atom is 0.255 e. The first kappa shape index (κ1) is 21.2. The Balaban J connectivity index is 2.05. The largest absolute Gasteiger partial charge is 0.497 e. The number of amides is 2. The zero-order chi connectivity index (χ0) is 20.5. The highest BCUT2D eigenvalue weighted by Gasteiger charge is 2.13. The number of ether oxygens (including phenoxy) is 2. The summed E-state index contributed by atoms with van der Waals surface area (Å²) in [5.74, 6) is 0.589. The van der Waals surface area contributed by atoms with Gasteiger partial charge in [-0.25, -0.2) is 0 Å². The lowest BCUT2D eigenvalue weighted by atomic mass is 10.1. The summed E-state index contributed by atoms with van der Waals surface area (Å²) in [5, 5.41) is 5.67. The Labute approximate surface area is 165 Å². The molecular weight excluding hydrogens is 358 g/mol. The van der Waals surface area contributed by atoms with E-state index < -0.39 is 0 Å². The second-order valence-electron chi connectivity index (χ2n) is 6.51. The molecule has 2 N–H and O–H groups in total. The van der Waals surface area contributed by atoms with Crippen molar-refractivity contribution in [3.8, 4) is 11.5 Å². The molecule has 7 nitrogen and oxygen atoms in total. The van der Waals surface area contributed by atoms with Gasteiger partial charge in [0.2, 0.25) is 0 Å². The van der Waals surface area contributed by atoms with Gasteiger partial charge in [-0.1, -0.05) is 6.07 Å². The van der Waals surface area contributed by atoms with Gasteiger partial charge in [-0.05, 0) is 57.4 Å². The van der Waals surface area contributed by atoms with Crippen LogP contribution >= 0.6 is 0 Å². The van der Waals surface area contributed by atoms with Crippen LogP contribution in [0.3, 0.4) is 0 Å². The Kier molecular flexibility index (Phi) is 7.83. The molecule has 2 rings (SSSR count). The average Bonchev–Trinajstić information content (AvgIpc) is 2.71. The standard InChI is InChI=1S/C21H27N3O4/c1-24(2)12-6-11-22-20(25)15-7-5-8-16(13-15)21(26)23-18-10-9-17(27-3)14-19(18)28-4/h5,7-10,13-14H,6,11-12H2,1-4H3,(H,22,25)(H,23,26). The third kappa shape index (κ3) is 5.99. The number of nitrogens with one attached hydrogen (secondary N) is 2. The highest BCUT2D eigenvalue weighted by molar-refractivity contribution is 6.06. The third-order valence-electron chi connectivity index (χ3n) is 4.11. The molecule has 2 aromatic carbocycles. The van der Waals surface area contributed by atoms with Gasteiger partial charge in [0.25, 0.3) is 11.8 Å². The van der Waals surface area contributed by atoms with Crippen molar-refractivity contribution in [1.82, 2.24) is 10.2 Å². The Morgan fingerprint density at radius 3 is 2.32 bits per heavy atom. The summed E-state index contributed by atoms with van der Waals surface area (Å²) in [7, 11) is 7.05. The van der Waals surface area contributed by atoms with Crippen molar-refractivity contribution in [2.45, 2.75) is 6.42 Å². The SMILES string of the molecule is COc1ccc(NC(=O)c2cccc(C(=O)NCCCN(C)C)c2)c(OC)c1. The molecule has 0 fully saturated rings. The molecule has 0 atom stereocenters. The number of hydrogen-bond acceptors (Lipinski definition) is 5. The molecule has 0 unspecified atom stereocenters. The third-order valence-corrected chi connectivity index (χ3v) is 4.11. The van der Waals surface area contributed by atoms with E-state index in [1.54, 1.807) is 49.6 Å². The monoisotopic (exact) mass is 385 g/mol. The molecule has 0 bridgehead atoms. The molecule has 150 valence electrons. The van der Waals surface area contributed by atoms with E-state index in [0.717, 1.165) is 13.0 Å². The zero-order valence-electron chi connectivity index (χ0n) is 16.7. The molecule has 0 aliphatic carbocycles. The fourth-order valence-corrected chi connectivity index (χ4v) is 2.60. The lowest BCUT2D eigenvalue weighted by molar-refractivity contribution is 0.0952. The number of benzene rings is 2. The van der Waals surface area contributed by atoms with E-state index in [9.17, 15) is 9.59 Å². The molecule has 28 heavy (non-hydrogen) atoms. The van der Waals surface area contributed by atoms with Gasteiger partial charge in [0.05, 0.1) is 19.9 Å². The molecule has 0 aliphatic rings. The van der Waals surface area contributed by atoms with E-state index in [2.05, 4.69) is 15.5 Å². The minimum absolute atomic E-state index is 0.199. The first-order valence-corrected chi connectivity index (χ1v) is 9.01. The van der Waals surface area contributed by atoms with Crippen LogP contribution in [0, 0.1) is 0 Å². The first-order valence-electron chi connectivity index (χ1n) is 9.01. The van der Waals surface area contributed by atoms with Crippen LogP contribution in [0.15, 0.2) is 42.5 Å². The normalized spacial score (nSPS) is 10.5. The van der Waals surface area contributed by atoms with E-state index in [4.69, 9.17) is 9.47 Å². The van der Waals surface area contributed by atoms with Gasteiger partial charge in [-0.2, -0.15) is 0 Å². The van der Waals surface area contributed by atoms with Crippen LogP contribution < -0.4 is 20.1 Å². The summed E-state index contributed by atoms with van der Waals surface area (Å²) in [5.41, 5.74) is 1.35. The lowest BCUT2D eigenvalue weighted by Crippen LogP contribution is -2.27. The average molecular weight is 385 g/mol. The van der Waals surface area contributed by atoms with E-state index in [1.165, 1.54) is 7.11 Å². The Hall–Kier alpha value is -3.06. The van der Waals surface area contributed by atoms with Gasteiger partial charge in [0.1, 0.15) is 11.5 Å². The van der Waals surface area contributed by atoms with Crippen molar-refractivity contribution >= 4 is 17.5 Å². The summed E-state index contributed by atoms with van der Waals surface area (Å²) in [6.07, 6.45) is 0.857. The second kappa shape index (κ2) is 10.3. The molecule has 2 amide bonds. The topological polar surface area (TPSA) is 79.9 Å². The highest BCUT2D eigenvalue weighted by Crippen LogP contribution is 2.29. The van der Waals surface area contributed by atoms with Crippen molar-refractivity contribution < 1.29 is 19.1 Å². The molecule has 0 spiro atoms. The lowest BCUT2D eigenvalue weighted by Gasteiger charge is -2.12. The minimum Gasteiger partial charge on any atom is -0.497 e. The number of rotatable bonds is 9. The zero-order valence-corrected chi connectivity index (χ0v) is 16.7. The van der Waals surface area contributed by atoms with Crippen LogP contribution in [-0.2, 0) is 0 Å². The van der Waals surface area contributed by atoms with Gasteiger partial charge in [0, 0.05) is 23.7 Å². The number of anilines is 1. The van der Waals surface area contributed by atoms with E-state index in [0.29, 0.717) is 34.9 Å². The molecule has 0 aliphatic heterocycles. The minimum atomic E-state index is -0.328. The Morgan fingerprint density at radius 1 is 0.964 bits per heavy atom. The van der Waals surface area contributed by atoms with E-state index >= 15 is 0 Å². The Morgan fingerprint density at radius 2 is 1.68 bits per heavy atom. The molecule has 0 saturated carbocycles. The molecule has 2 aromatic rings. The number of carbonyl (C=O) groups is 2. The number of carbonyl (C=O) groups excluding carboxylic acids is 2. The number of methoxy groups -OCH3 is 2. The smallest absolute Gasteiger partial charge is 0.255 e. The summed E-state index contributed by atoms with van der Waals surface area (Å²) >= 11 is 0. The fourth-order valence-electron chi connectivity index (χ4n) is 2.60. The maximum atomic E-state index is 12.6. The quantitative estimate of drug-likeness (QED) is 0.649. The fraction of sp³-hybridized carbons (Fsp3) is 0.333. The van der Waals surface area contributed by atoms with Crippen LogP contribution in [0.4, 0.5) is 5.69 Å². The summed E-state index contributed by atoms with van der Waals surface area (Å²) in [6.45, 7) is 1.48. The molecule has 0 aromatic heterocycles. The van der Waals surface area contributed by atoms with Crippen LogP contribution in [0.2, 0.25) is 0 Å². The van der Waals surface area contributed by atoms with Gasteiger partial charge in [-0.3, -0.25) is 9.59 Å². The van der Waals surface area contributed by atoms with Crippen LogP contribution in [0.25, 0.3) is 0 Å². The summed E-state index contributed by atoms with van der Waals surface area (Å²) in [6, 6.07) is 11.7. The molecule has 0 radical (unpaired) electrons. The first-order chi connectivity index (χ1) is 13.4. The van der Waals surface area contributed by atoms with Crippen LogP contribution in [0.1, 0.15) is 27.1 Å². The van der Waals surface area contributed by atoms with Gasteiger partial charge < -0.3 is 25.0 Å².